The van der Waals surface area contributed by atoms with Crippen molar-refractivity contribution < 1.29 is 17.3 Å². The van der Waals surface area contributed by atoms with E-state index in [0.29, 0.717) is 0 Å². The zero-order valence-electron chi connectivity index (χ0n) is 4.08. The highest BCUT2D eigenvalue weighted by Crippen LogP contribution is 1.75. The maximum atomic E-state index is 9.62. The summed E-state index contributed by atoms with van der Waals surface area (Å²) in [7, 11) is -2.98. The molecule has 0 aliphatic rings. The molecule has 0 aromatic carbocycles. The van der Waals surface area contributed by atoms with E-state index in [0.717, 1.165) is 0 Å². The fourth-order valence-corrected chi connectivity index (χ4v) is 0.283. The van der Waals surface area contributed by atoms with Crippen molar-refractivity contribution in [1.82, 2.24) is 11.0 Å². The Morgan fingerprint density at radius 1 is 1.62 bits per heavy atom. The second kappa shape index (κ2) is 2.95. The number of hydrogen-bond donors (Lipinski definition) is 3. The largest absolute Gasteiger partial charge is 0.414 e. The third-order valence-corrected chi connectivity index (χ3v) is 0.543. The fourth-order valence-electron chi connectivity index (χ4n) is 0.0943. The molecule has 50 valence electrons. The van der Waals surface area contributed by atoms with Crippen LogP contribution < -0.4 is 11.0 Å². The second-order valence-electron chi connectivity index (χ2n) is 0.863. The third-order valence-electron chi connectivity index (χ3n) is 0.249. The van der Waals surface area contributed by atoms with Gasteiger partial charge in [-0.2, -0.15) is 8.42 Å². The summed E-state index contributed by atoms with van der Waals surface area (Å²) in [6.45, 7) is 0. The maximum Gasteiger partial charge on any atom is 0.414 e. The van der Waals surface area contributed by atoms with E-state index in [4.69, 9.17) is 4.55 Å². The van der Waals surface area contributed by atoms with E-state index < -0.39 is 10.4 Å². The molecule has 0 amide bonds. The molecule has 0 heterocycles. The summed E-state index contributed by atoms with van der Waals surface area (Å²) in [6.07, 6.45) is 0. The van der Waals surface area contributed by atoms with Crippen molar-refractivity contribution in [2.75, 3.05) is 7.05 Å². The molecule has 6 nitrogen and oxygen atoms in total. The minimum Gasteiger partial charge on any atom is -0.262 e. The molecular weight excluding hydrogens is 136 g/mol. The molecule has 0 aromatic heterocycles. The smallest absolute Gasteiger partial charge is 0.262 e. The second-order valence-corrected chi connectivity index (χ2v) is 1.89. The van der Waals surface area contributed by atoms with Crippen molar-refractivity contribution in [3.05, 3.63) is 0 Å². The monoisotopic (exact) mass is 142 g/mol. The van der Waals surface area contributed by atoms with Crippen molar-refractivity contribution >= 4 is 10.4 Å². The molecule has 0 rings (SSSR count). The lowest BCUT2D eigenvalue weighted by Gasteiger charge is -1.95. The minimum atomic E-state index is -4.36. The summed E-state index contributed by atoms with van der Waals surface area (Å²) < 4.78 is 30.6. The average molecular weight is 142 g/mol. The van der Waals surface area contributed by atoms with Crippen molar-refractivity contribution in [3.8, 4) is 0 Å². The van der Waals surface area contributed by atoms with Crippen LogP contribution >= 0.6 is 0 Å². The minimum absolute atomic E-state index is 1.38. The Morgan fingerprint density at radius 3 is 2.25 bits per heavy atom. The molecule has 0 radical (unpaired) electrons. The molecule has 0 bridgehead atoms. The molecule has 0 atom stereocenters. The zero-order valence-corrected chi connectivity index (χ0v) is 4.90. The van der Waals surface area contributed by atoms with Crippen LogP contribution in [0.1, 0.15) is 0 Å². The molecule has 0 aliphatic heterocycles. The van der Waals surface area contributed by atoms with Crippen molar-refractivity contribution in [2.45, 2.75) is 0 Å². The molecule has 7 heteroatoms. The molecule has 0 spiro atoms. The van der Waals surface area contributed by atoms with Gasteiger partial charge in [-0.25, -0.2) is 5.43 Å². The van der Waals surface area contributed by atoms with Crippen LogP contribution in [0.4, 0.5) is 0 Å². The standard InChI is InChI=1S/CH6N2O4S/c1-2-3-7-8(4,5)6/h2-3H,1H3,(H,4,5,6). The SMILES string of the molecule is CNNOS(=O)(=O)O. The first-order chi connectivity index (χ1) is 3.56. The van der Waals surface area contributed by atoms with Gasteiger partial charge in [-0.1, -0.05) is 0 Å². The van der Waals surface area contributed by atoms with Gasteiger partial charge in [0.2, 0.25) is 0 Å². The lowest BCUT2D eigenvalue weighted by Crippen LogP contribution is -2.30. The van der Waals surface area contributed by atoms with Gasteiger partial charge in [0.15, 0.2) is 0 Å². The first kappa shape index (κ1) is 7.79. The quantitative estimate of drug-likeness (QED) is 0.326. The molecule has 0 aromatic rings. The van der Waals surface area contributed by atoms with E-state index in [9.17, 15) is 8.42 Å². The van der Waals surface area contributed by atoms with Gasteiger partial charge in [-0.05, 0) is 0 Å². The fraction of sp³-hybridized carbons (Fsp3) is 1.00. The summed E-state index contributed by atoms with van der Waals surface area (Å²) in [5, 5.41) is 0. The molecule has 0 aliphatic carbocycles. The summed E-state index contributed by atoms with van der Waals surface area (Å²) in [6, 6.07) is 0. The number of rotatable bonds is 3. The first-order valence-electron chi connectivity index (χ1n) is 1.64. The molecular formula is CH6N2O4S. The van der Waals surface area contributed by atoms with Gasteiger partial charge in [0.25, 0.3) is 0 Å². The highest BCUT2D eigenvalue weighted by Gasteiger charge is 2.00. The number of hydrogen-bond acceptors (Lipinski definition) is 5. The molecule has 0 fully saturated rings. The lowest BCUT2D eigenvalue weighted by atomic mass is 11.5. The van der Waals surface area contributed by atoms with E-state index in [1.807, 2.05) is 0 Å². The van der Waals surface area contributed by atoms with Crippen LogP contribution in [-0.4, -0.2) is 20.0 Å². The average Bonchev–Trinajstić information content (AvgIpc) is 1.59. The maximum absolute atomic E-state index is 9.62. The van der Waals surface area contributed by atoms with Crippen LogP contribution in [0.15, 0.2) is 0 Å². The summed E-state index contributed by atoms with van der Waals surface area (Å²) >= 11 is 0. The Morgan fingerprint density at radius 2 is 2.12 bits per heavy atom. The molecule has 0 saturated heterocycles. The first-order valence-corrected chi connectivity index (χ1v) is 3.00. The number of nitrogens with one attached hydrogen (secondary N) is 2. The highest BCUT2D eigenvalue weighted by molar-refractivity contribution is 7.80. The van der Waals surface area contributed by atoms with Gasteiger partial charge in [0.05, 0.1) is 0 Å². The predicted molar refractivity (Wildman–Crippen MR) is 24.8 cm³/mol. The van der Waals surface area contributed by atoms with E-state index >= 15 is 0 Å². The highest BCUT2D eigenvalue weighted by atomic mass is 32.3. The van der Waals surface area contributed by atoms with Gasteiger partial charge < -0.3 is 0 Å². The Balaban J connectivity index is 3.42. The van der Waals surface area contributed by atoms with Crippen molar-refractivity contribution in [2.24, 2.45) is 0 Å². The van der Waals surface area contributed by atoms with Gasteiger partial charge in [0.1, 0.15) is 0 Å². The van der Waals surface area contributed by atoms with Gasteiger partial charge >= 0.3 is 10.4 Å². The van der Waals surface area contributed by atoms with E-state index in [1.165, 1.54) is 7.05 Å². The van der Waals surface area contributed by atoms with E-state index in [1.54, 1.807) is 5.59 Å². The lowest BCUT2D eigenvalue weighted by molar-refractivity contribution is 0.144. The Bertz CT molecular complexity index is 138. The van der Waals surface area contributed by atoms with Gasteiger partial charge in [0, 0.05) is 7.05 Å². The van der Waals surface area contributed by atoms with Crippen molar-refractivity contribution in [3.63, 3.8) is 0 Å². The van der Waals surface area contributed by atoms with Crippen molar-refractivity contribution in [1.29, 1.82) is 0 Å². The van der Waals surface area contributed by atoms with Crippen LogP contribution in [-0.2, 0) is 14.7 Å². The molecule has 0 unspecified atom stereocenters. The number of hydrazine groups is 1. The predicted octanol–water partition coefficient (Wildman–Crippen LogP) is -1.56. The van der Waals surface area contributed by atoms with Crippen LogP contribution in [0.5, 0.6) is 0 Å². The Hall–Kier alpha value is -0.210. The summed E-state index contributed by atoms with van der Waals surface area (Å²) in [5.41, 5.74) is 3.81. The molecule has 8 heavy (non-hydrogen) atoms. The van der Waals surface area contributed by atoms with Crippen LogP contribution in [0.2, 0.25) is 0 Å². The van der Waals surface area contributed by atoms with Gasteiger partial charge in [-0.3, -0.25) is 4.55 Å². The zero-order chi connectivity index (χ0) is 6.62. The van der Waals surface area contributed by atoms with Gasteiger partial charge in [-0.15, -0.1) is 9.87 Å². The molecule has 0 saturated carbocycles. The Kier molecular flexibility index (Phi) is 2.87. The summed E-state index contributed by atoms with van der Waals surface area (Å²) in [5.74, 6) is 0. The Labute approximate surface area is 46.7 Å². The van der Waals surface area contributed by atoms with Crippen LogP contribution in [0, 0.1) is 0 Å². The summed E-state index contributed by atoms with van der Waals surface area (Å²) in [4.78, 5) is 0. The van der Waals surface area contributed by atoms with E-state index in [-0.39, 0.29) is 0 Å². The normalized spacial score (nSPS) is 11.8. The van der Waals surface area contributed by atoms with Crippen LogP contribution in [0.25, 0.3) is 0 Å². The molecule has 3 N–H and O–H groups in total. The van der Waals surface area contributed by atoms with Crippen LogP contribution in [0.3, 0.4) is 0 Å². The van der Waals surface area contributed by atoms with E-state index in [2.05, 4.69) is 9.71 Å². The third kappa shape index (κ3) is 5.79. The topological polar surface area (TPSA) is 87.7 Å².